The number of para-hydroxylation sites is 1. The van der Waals surface area contributed by atoms with Gasteiger partial charge in [-0.1, -0.05) is 42.5 Å². The lowest BCUT2D eigenvalue weighted by molar-refractivity contribution is 0.0953. The predicted octanol–water partition coefficient (Wildman–Crippen LogP) is 3.25. The first-order valence-electron chi connectivity index (χ1n) is 10.7. The van der Waals surface area contributed by atoms with E-state index >= 15 is 0 Å². The van der Waals surface area contributed by atoms with E-state index in [1.54, 1.807) is 24.3 Å². The highest BCUT2D eigenvalue weighted by Gasteiger charge is 2.27. The summed E-state index contributed by atoms with van der Waals surface area (Å²) in [7, 11) is -3.43. The molecule has 6 nitrogen and oxygen atoms in total. The summed E-state index contributed by atoms with van der Waals surface area (Å²) in [5.74, 6) is -0.553. The van der Waals surface area contributed by atoms with Crippen LogP contribution >= 0.6 is 0 Å². The summed E-state index contributed by atoms with van der Waals surface area (Å²) in [6.45, 7) is 1.80. The molecule has 0 unspecified atom stereocenters. The molecular weight excluding hydrogens is 429 g/mol. The summed E-state index contributed by atoms with van der Waals surface area (Å²) < 4.78 is 40.8. The highest BCUT2D eigenvalue weighted by molar-refractivity contribution is 7.89. The molecule has 3 aromatic rings. The smallest absolute Gasteiger partial charge is 0.251 e. The quantitative estimate of drug-likeness (QED) is 0.556. The van der Waals surface area contributed by atoms with Crippen molar-refractivity contribution in [1.82, 2.24) is 9.62 Å². The van der Waals surface area contributed by atoms with Crippen LogP contribution in [-0.2, 0) is 10.0 Å². The van der Waals surface area contributed by atoms with Crippen molar-refractivity contribution in [1.29, 1.82) is 0 Å². The van der Waals surface area contributed by atoms with E-state index in [4.69, 9.17) is 0 Å². The Morgan fingerprint density at radius 3 is 2.34 bits per heavy atom. The Labute approximate surface area is 187 Å². The van der Waals surface area contributed by atoms with Crippen molar-refractivity contribution >= 4 is 32.4 Å². The first-order chi connectivity index (χ1) is 15.4. The lowest BCUT2D eigenvalue weighted by Crippen LogP contribution is -2.49. The molecule has 0 aromatic heterocycles. The topological polar surface area (TPSA) is 69.7 Å². The predicted molar refractivity (Wildman–Crippen MR) is 125 cm³/mol. The van der Waals surface area contributed by atoms with Crippen molar-refractivity contribution in [2.45, 2.75) is 6.42 Å². The Kier molecular flexibility index (Phi) is 6.72. The van der Waals surface area contributed by atoms with Gasteiger partial charge in [0.1, 0.15) is 5.82 Å². The molecule has 3 aromatic carbocycles. The van der Waals surface area contributed by atoms with Crippen LogP contribution in [0.5, 0.6) is 0 Å². The molecule has 1 fully saturated rings. The SMILES string of the molecule is O=C(NCCCS(=O)(=O)N1CCN(c2ccccc2F)CC1)c1ccc2ccccc2c1. The number of rotatable bonds is 7. The zero-order chi connectivity index (χ0) is 22.6. The second-order valence-electron chi connectivity index (χ2n) is 7.82. The summed E-state index contributed by atoms with van der Waals surface area (Å²) in [5, 5.41) is 4.85. The zero-order valence-corrected chi connectivity index (χ0v) is 18.5. The maximum atomic E-state index is 14.0. The molecular formula is C24H26FN3O3S. The van der Waals surface area contributed by atoms with E-state index in [2.05, 4.69) is 5.32 Å². The Morgan fingerprint density at radius 2 is 1.59 bits per heavy atom. The molecule has 0 radical (unpaired) electrons. The molecule has 0 bridgehead atoms. The number of piperazine rings is 1. The van der Waals surface area contributed by atoms with Crippen molar-refractivity contribution in [2.24, 2.45) is 0 Å². The molecule has 1 saturated heterocycles. The van der Waals surface area contributed by atoms with Crippen LogP contribution in [0.25, 0.3) is 10.8 Å². The highest BCUT2D eigenvalue weighted by Crippen LogP contribution is 2.21. The number of nitrogens with one attached hydrogen (secondary N) is 1. The molecule has 0 aliphatic carbocycles. The van der Waals surface area contributed by atoms with Crippen LogP contribution in [0.1, 0.15) is 16.8 Å². The lowest BCUT2D eigenvalue weighted by Gasteiger charge is -2.35. The summed E-state index contributed by atoms with van der Waals surface area (Å²) in [6.07, 6.45) is 0.329. The van der Waals surface area contributed by atoms with Crippen molar-refractivity contribution in [2.75, 3.05) is 43.4 Å². The Bertz CT molecular complexity index is 1210. The van der Waals surface area contributed by atoms with Crippen molar-refractivity contribution in [3.8, 4) is 0 Å². The summed E-state index contributed by atoms with van der Waals surface area (Å²) in [4.78, 5) is 14.3. The van der Waals surface area contributed by atoms with Gasteiger partial charge in [-0.2, -0.15) is 4.31 Å². The number of anilines is 1. The number of carbonyl (C=O) groups is 1. The fraction of sp³-hybridized carbons (Fsp3) is 0.292. The van der Waals surface area contributed by atoms with Crippen molar-refractivity contribution in [3.05, 3.63) is 78.1 Å². The fourth-order valence-electron chi connectivity index (χ4n) is 3.93. The Hall–Kier alpha value is -2.97. The molecule has 1 aliphatic heterocycles. The van der Waals surface area contributed by atoms with E-state index in [9.17, 15) is 17.6 Å². The number of benzene rings is 3. The number of hydrogen-bond donors (Lipinski definition) is 1. The summed E-state index contributed by atoms with van der Waals surface area (Å²) >= 11 is 0. The number of nitrogens with zero attached hydrogens (tertiary/aromatic N) is 2. The maximum Gasteiger partial charge on any atom is 0.251 e. The summed E-state index contributed by atoms with van der Waals surface area (Å²) in [5.41, 5.74) is 1.05. The van der Waals surface area contributed by atoms with Crippen molar-refractivity contribution in [3.63, 3.8) is 0 Å². The van der Waals surface area contributed by atoms with Gasteiger partial charge in [0, 0.05) is 38.3 Å². The average Bonchev–Trinajstić information content (AvgIpc) is 2.82. The van der Waals surface area contributed by atoms with E-state index in [-0.39, 0.29) is 24.0 Å². The number of carbonyl (C=O) groups excluding carboxylic acids is 1. The van der Waals surface area contributed by atoms with Gasteiger partial charge in [0.25, 0.3) is 5.91 Å². The normalized spacial score (nSPS) is 15.1. The van der Waals surface area contributed by atoms with Gasteiger partial charge >= 0.3 is 0 Å². The van der Waals surface area contributed by atoms with Gasteiger partial charge in [0.05, 0.1) is 11.4 Å². The number of fused-ring (bicyclic) bond motifs is 1. The number of halogens is 1. The first kappa shape index (κ1) is 22.2. The Balaban J connectivity index is 1.24. The van der Waals surface area contributed by atoms with Gasteiger partial charge in [-0.3, -0.25) is 4.79 Å². The minimum atomic E-state index is -3.43. The second kappa shape index (κ2) is 9.67. The highest BCUT2D eigenvalue weighted by atomic mass is 32.2. The van der Waals surface area contributed by atoms with Gasteiger partial charge in [0.15, 0.2) is 0 Å². The zero-order valence-electron chi connectivity index (χ0n) is 17.7. The van der Waals surface area contributed by atoms with E-state index in [1.807, 2.05) is 41.3 Å². The van der Waals surface area contributed by atoms with Crippen LogP contribution < -0.4 is 10.2 Å². The standard InChI is InChI=1S/C24H26FN3O3S/c25-22-8-3-4-9-23(22)27-13-15-28(16-14-27)32(30,31)17-5-12-26-24(29)21-11-10-19-6-1-2-7-20(19)18-21/h1-4,6-11,18H,5,12-17H2,(H,26,29). The average molecular weight is 456 g/mol. The summed E-state index contributed by atoms with van der Waals surface area (Å²) in [6, 6.07) is 19.8. The molecule has 32 heavy (non-hydrogen) atoms. The van der Waals surface area contributed by atoms with Gasteiger partial charge in [-0.25, -0.2) is 12.8 Å². The third-order valence-corrected chi connectivity index (χ3v) is 7.66. The van der Waals surface area contributed by atoms with Crippen LogP contribution in [0.2, 0.25) is 0 Å². The maximum absolute atomic E-state index is 14.0. The molecule has 0 spiro atoms. The van der Waals surface area contributed by atoms with E-state index in [1.165, 1.54) is 10.4 Å². The molecule has 0 atom stereocenters. The molecule has 8 heteroatoms. The van der Waals surface area contributed by atoms with Crippen LogP contribution in [0.15, 0.2) is 66.7 Å². The number of sulfonamides is 1. The molecule has 4 rings (SSSR count). The van der Waals surface area contributed by atoms with Crippen LogP contribution in [0.4, 0.5) is 10.1 Å². The van der Waals surface area contributed by atoms with Gasteiger partial charge in [-0.15, -0.1) is 0 Å². The van der Waals surface area contributed by atoms with E-state index in [0.29, 0.717) is 43.9 Å². The largest absolute Gasteiger partial charge is 0.367 e. The van der Waals surface area contributed by atoms with E-state index < -0.39 is 10.0 Å². The monoisotopic (exact) mass is 455 g/mol. The minimum absolute atomic E-state index is 0.0370. The molecule has 1 N–H and O–H groups in total. The minimum Gasteiger partial charge on any atom is -0.367 e. The molecule has 1 heterocycles. The second-order valence-corrected chi connectivity index (χ2v) is 9.91. The van der Waals surface area contributed by atoms with Crippen molar-refractivity contribution < 1.29 is 17.6 Å². The number of amides is 1. The van der Waals surface area contributed by atoms with E-state index in [0.717, 1.165) is 10.8 Å². The molecule has 1 amide bonds. The lowest BCUT2D eigenvalue weighted by atomic mass is 10.1. The van der Waals surface area contributed by atoms with Crippen LogP contribution in [-0.4, -0.2) is 57.1 Å². The number of hydrogen-bond acceptors (Lipinski definition) is 4. The third-order valence-electron chi connectivity index (χ3n) is 5.70. The van der Waals surface area contributed by atoms with Gasteiger partial charge in [0.2, 0.25) is 10.0 Å². The molecule has 168 valence electrons. The van der Waals surface area contributed by atoms with Gasteiger partial charge < -0.3 is 10.2 Å². The fourth-order valence-corrected chi connectivity index (χ4v) is 5.42. The van der Waals surface area contributed by atoms with Crippen LogP contribution in [0.3, 0.4) is 0 Å². The molecule has 1 aliphatic rings. The molecule has 0 saturated carbocycles. The van der Waals surface area contributed by atoms with Gasteiger partial charge in [-0.05, 0) is 41.5 Å². The Morgan fingerprint density at radius 1 is 0.906 bits per heavy atom. The van der Waals surface area contributed by atoms with Crippen LogP contribution in [0, 0.1) is 5.82 Å². The third kappa shape index (κ3) is 5.08. The first-order valence-corrected chi connectivity index (χ1v) is 12.3.